The van der Waals surface area contributed by atoms with Gasteiger partial charge in [-0.1, -0.05) is 42.7 Å². The minimum atomic E-state index is 0.261. The number of unbranched alkanes of at least 4 members (excludes halogenated alkanes) is 1. The molecule has 0 saturated heterocycles. The Morgan fingerprint density at radius 2 is 1.78 bits per heavy atom. The Hall–Kier alpha value is -1.15. The molecule has 1 aromatic rings. The molecule has 0 unspecified atom stereocenters. The SMILES string of the molecule is CCCCOCCC(=O)Cc1cc(C)cc(C)c1. The van der Waals surface area contributed by atoms with Crippen molar-refractivity contribution >= 4 is 5.78 Å². The van der Waals surface area contributed by atoms with Gasteiger partial charge in [0.2, 0.25) is 0 Å². The highest BCUT2D eigenvalue weighted by molar-refractivity contribution is 5.81. The summed E-state index contributed by atoms with van der Waals surface area (Å²) in [6, 6.07) is 6.30. The van der Waals surface area contributed by atoms with E-state index >= 15 is 0 Å². The molecule has 0 heterocycles. The van der Waals surface area contributed by atoms with E-state index in [2.05, 4.69) is 39.0 Å². The molecule has 0 atom stereocenters. The van der Waals surface area contributed by atoms with Gasteiger partial charge in [-0.3, -0.25) is 4.79 Å². The van der Waals surface area contributed by atoms with Crippen LogP contribution in [0.2, 0.25) is 0 Å². The van der Waals surface area contributed by atoms with E-state index < -0.39 is 0 Å². The van der Waals surface area contributed by atoms with Gasteiger partial charge in [-0.2, -0.15) is 0 Å². The Morgan fingerprint density at radius 3 is 2.39 bits per heavy atom. The van der Waals surface area contributed by atoms with Gasteiger partial charge in [0.15, 0.2) is 0 Å². The number of ether oxygens (including phenoxy) is 1. The molecular formula is C16H24O2. The van der Waals surface area contributed by atoms with E-state index in [4.69, 9.17) is 4.74 Å². The third-order valence-corrected chi connectivity index (χ3v) is 2.85. The number of benzene rings is 1. The van der Waals surface area contributed by atoms with Crippen molar-refractivity contribution in [1.82, 2.24) is 0 Å². The first-order valence-corrected chi connectivity index (χ1v) is 6.78. The fraction of sp³-hybridized carbons (Fsp3) is 0.562. The van der Waals surface area contributed by atoms with Crippen LogP contribution in [0.3, 0.4) is 0 Å². The fourth-order valence-corrected chi connectivity index (χ4v) is 2.02. The first-order valence-electron chi connectivity index (χ1n) is 6.78. The summed E-state index contributed by atoms with van der Waals surface area (Å²) in [6.45, 7) is 7.59. The molecule has 0 radical (unpaired) electrons. The second kappa shape index (κ2) is 8.04. The van der Waals surface area contributed by atoms with E-state index in [0.29, 0.717) is 19.4 Å². The van der Waals surface area contributed by atoms with Gasteiger partial charge in [-0.25, -0.2) is 0 Å². The molecule has 1 aromatic carbocycles. The minimum absolute atomic E-state index is 0.261. The molecule has 0 aliphatic rings. The van der Waals surface area contributed by atoms with Crippen LogP contribution in [0.5, 0.6) is 0 Å². The zero-order valence-electron chi connectivity index (χ0n) is 11.8. The van der Waals surface area contributed by atoms with Crippen molar-refractivity contribution in [3.05, 3.63) is 34.9 Å². The van der Waals surface area contributed by atoms with Gasteiger partial charge in [0.25, 0.3) is 0 Å². The largest absolute Gasteiger partial charge is 0.381 e. The number of hydrogen-bond acceptors (Lipinski definition) is 2. The monoisotopic (exact) mass is 248 g/mol. The number of Topliss-reactive ketones (excluding diaryl/α,β-unsaturated/α-hetero) is 1. The Balaban J connectivity index is 2.31. The molecule has 0 saturated carbocycles. The molecule has 0 spiro atoms. The number of carbonyl (C=O) groups is 1. The van der Waals surface area contributed by atoms with E-state index in [-0.39, 0.29) is 5.78 Å². The molecule has 0 aliphatic carbocycles. The van der Waals surface area contributed by atoms with E-state index in [1.165, 1.54) is 11.1 Å². The van der Waals surface area contributed by atoms with Crippen LogP contribution in [0, 0.1) is 13.8 Å². The highest BCUT2D eigenvalue weighted by Gasteiger charge is 2.04. The fourth-order valence-electron chi connectivity index (χ4n) is 2.02. The summed E-state index contributed by atoms with van der Waals surface area (Å²) in [5.74, 6) is 0.261. The molecule has 2 nitrogen and oxygen atoms in total. The van der Waals surface area contributed by atoms with Gasteiger partial charge in [-0.05, 0) is 25.8 Å². The smallest absolute Gasteiger partial charge is 0.139 e. The Labute approximate surface area is 110 Å². The van der Waals surface area contributed by atoms with Crippen LogP contribution in [-0.2, 0) is 16.0 Å². The Bertz CT molecular complexity index is 362. The molecule has 0 aliphatic heterocycles. The zero-order valence-corrected chi connectivity index (χ0v) is 11.8. The van der Waals surface area contributed by atoms with Gasteiger partial charge in [0.05, 0.1) is 6.61 Å². The zero-order chi connectivity index (χ0) is 13.4. The number of ketones is 1. The van der Waals surface area contributed by atoms with Crippen molar-refractivity contribution in [3.8, 4) is 0 Å². The van der Waals surface area contributed by atoms with Crippen LogP contribution in [0.4, 0.5) is 0 Å². The molecule has 18 heavy (non-hydrogen) atoms. The summed E-state index contributed by atoms with van der Waals surface area (Å²) < 4.78 is 5.41. The lowest BCUT2D eigenvalue weighted by Crippen LogP contribution is -2.08. The summed E-state index contributed by atoms with van der Waals surface area (Å²) in [6.07, 6.45) is 3.26. The third-order valence-electron chi connectivity index (χ3n) is 2.85. The number of rotatable bonds is 8. The maximum Gasteiger partial charge on any atom is 0.139 e. The number of aryl methyl sites for hydroxylation is 2. The molecule has 0 N–H and O–H groups in total. The second-order valence-electron chi connectivity index (χ2n) is 4.93. The lowest BCUT2D eigenvalue weighted by Gasteiger charge is -2.05. The van der Waals surface area contributed by atoms with E-state index in [9.17, 15) is 4.79 Å². The highest BCUT2D eigenvalue weighted by Crippen LogP contribution is 2.10. The number of hydrogen-bond donors (Lipinski definition) is 0. The van der Waals surface area contributed by atoms with Crippen molar-refractivity contribution in [3.63, 3.8) is 0 Å². The van der Waals surface area contributed by atoms with Crippen molar-refractivity contribution in [2.75, 3.05) is 13.2 Å². The summed E-state index contributed by atoms with van der Waals surface area (Å²) >= 11 is 0. The highest BCUT2D eigenvalue weighted by atomic mass is 16.5. The third kappa shape index (κ3) is 5.97. The lowest BCUT2D eigenvalue weighted by molar-refractivity contribution is -0.119. The summed E-state index contributed by atoms with van der Waals surface area (Å²) in [4.78, 5) is 11.8. The number of carbonyl (C=O) groups excluding carboxylic acids is 1. The van der Waals surface area contributed by atoms with Crippen molar-refractivity contribution in [2.45, 2.75) is 46.5 Å². The summed E-state index contributed by atoms with van der Waals surface area (Å²) in [5, 5.41) is 0. The molecule has 1 rings (SSSR count). The summed E-state index contributed by atoms with van der Waals surface area (Å²) in [5.41, 5.74) is 3.56. The van der Waals surface area contributed by atoms with Crippen LogP contribution >= 0.6 is 0 Å². The molecule has 2 heteroatoms. The van der Waals surface area contributed by atoms with Crippen molar-refractivity contribution in [1.29, 1.82) is 0 Å². The molecule has 100 valence electrons. The maximum absolute atomic E-state index is 11.8. The van der Waals surface area contributed by atoms with Crippen LogP contribution in [-0.4, -0.2) is 19.0 Å². The standard InChI is InChI=1S/C16H24O2/c1-4-5-7-18-8-6-16(17)12-15-10-13(2)9-14(3)11-15/h9-11H,4-8,12H2,1-3H3. The predicted octanol–water partition coefficient (Wildman–Crippen LogP) is 3.62. The quantitative estimate of drug-likeness (QED) is 0.657. The van der Waals surface area contributed by atoms with Gasteiger partial charge >= 0.3 is 0 Å². The predicted molar refractivity (Wildman–Crippen MR) is 75.0 cm³/mol. The average Bonchev–Trinajstić information content (AvgIpc) is 2.27. The molecule has 0 bridgehead atoms. The van der Waals surface area contributed by atoms with Gasteiger partial charge < -0.3 is 4.74 Å². The van der Waals surface area contributed by atoms with Crippen LogP contribution < -0.4 is 0 Å². The lowest BCUT2D eigenvalue weighted by atomic mass is 10.0. The molecule has 0 aromatic heterocycles. The average molecular weight is 248 g/mol. The van der Waals surface area contributed by atoms with Gasteiger partial charge in [-0.15, -0.1) is 0 Å². The van der Waals surface area contributed by atoms with Crippen molar-refractivity contribution in [2.24, 2.45) is 0 Å². The minimum Gasteiger partial charge on any atom is -0.381 e. The molecule has 0 fully saturated rings. The van der Waals surface area contributed by atoms with E-state index in [1.807, 2.05) is 0 Å². The normalized spacial score (nSPS) is 10.6. The molecular weight excluding hydrogens is 224 g/mol. The van der Waals surface area contributed by atoms with Crippen molar-refractivity contribution < 1.29 is 9.53 Å². The van der Waals surface area contributed by atoms with Crippen LogP contribution in [0.15, 0.2) is 18.2 Å². The maximum atomic E-state index is 11.8. The van der Waals surface area contributed by atoms with Gasteiger partial charge in [0, 0.05) is 19.4 Å². The Kier molecular flexibility index (Phi) is 6.66. The van der Waals surface area contributed by atoms with E-state index in [1.54, 1.807) is 0 Å². The second-order valence-corrected chi connectivity index (χ2v) is 4.93. The Morgan fingerprint density at radius 1 is 1.11 bits per heavy atom. The van der Waals surface area contributed by atoms with E-state index in [0.717, 1.165) is 25.0 Å². The van der Waals surface area contributed by atoms with Crippen LogP contribution in [0.1, 0.15) is 42.9 Å². The van der Waals surface area contributed by atoms with Gasteiger partial charge in [0.1, 0.15) is 5.78 Å². The topological polar surface area (TPSA) is 26.3 Å². The first kappa shape index (κ1) is 14.9. The summed E-state index contributed by atoms with van der Waals surface area (Å²) in [7, 11) is 0. The molecule has 0 amide bonds. The first-order chi connectivity index (χ1) is 8.61. The van der Waals surface area contributed by atoms with Crippen LogP contribution in [0.25, 0.3) is 0 Å².